The molecule has 0 unspecified atom stereocenters. The van der Waals surface area contributed by atoms with E-state index in [1.54, 1.807) is 50.5 Å². The second-order valence-electron chi connectivity index (χ2n) is 6.97. The Bertz CT molecular complexity index is 1320. The van der Waals surface area contributed by atoms with Crippen LogP contribution in [-0.4, -0.2) is 24.4 Å². The molecule has 0 saturated carbocycles. The molecule has 6 nitrogen and oxygen atoms in total. The average Bonchev–Trinajstić information content (AvgIpc) is 3.11. The summed E-state index contributed by atoms with van der Waals surface area (Å²) in [4.78, 5) is 4.03. The van der Waals surface area contributed by atoms with Crippen LogP contribution in [0.25, 0.3) is 10.9 Å². The molecule has 0 fully saturated rings. The first-order valence-corrected chi connectivity index (χ1v) is 10.8. The Morgan fingerprint density at radius 2 is 1.94 bits per heavy atom. The van der Waals surface area contributed by atoms with Gasteiger partial charge >= 0.3 is 0 Å². The lowest BCUT2D eigenvalue weighted by Gasteiger charge is -2.11. The number of pyridine rings is 1. The number of hydrogen-bond donors (Lipinski definition) is 2. The maximum absolute atomic E-state index is 14.4. The molecule has 0 amide bonds. The Morgan fingerprint density at radius 1 is 1.13 bits per heavy atom. The second-order valence-corrected chi connectivity index (χ2v) is 8.78. The number of aromatic nitrogens is 2. The Morgan fingerprint density at radius 3 is 2.65 bits per heavy atom. The zero-order valence-corrected chi connectivity index (χ0v) is 18.6. The van der Waals surface area contributed by atoms with Crippen LogP contribution in [0.1, 0.15) is 11.1 Å². The molecular weight excluding hydrogens is 439 g/mol. The first-order chi connectivity index (χ1) is 14.4. The Kier molecular flexibility index (Phi) is 6.64. The van der Waals surface area contributed by atoms with Gasteiger partial charge in [-0.05, 0) is 55.4 Å². The minimum Gasteiger partial charge on any atom is -0.353 e. The van der Waals surface area contributed by atoms with Gasteiger partial charge in [0.15, 0.2) is 0 Å². The molecule has 0 atom stereocenters. The smallest absolute Gasteiger partial charge is 0.269 e. The van der Waals surface area contributed by atoms with Gasteiger partial charge in [-0.15, -0.1) is 12.4 Å². The number of nitrogens with zero attached hydrogens (tertiary/aromatic N) is 2. The monoisotopic (exact) mass is 460 g/mol. The van der Waals surface area contributed by atoms with Crippen molar-refractivity contribution >= 4 is 44.7 Å². The fraction of sp³-hybridized carbons (Fsp3) is 0.136. The largest absolute Gasteiger partial charge is 0.353 e. The van der Waals surface area contributed by atoms with Crippen molar-refractivity contribution in [3.63, 3.8) is 0 Å². The lowest BCUT2D eigenvalue weighted by molar-refractivity contribution is 0.588. The van der Waals surface area contributed by atoms with Crippen molar-refractivity contribution in [1.82, 2.24) is 14.3 Å². The van der Waals surface area contributed by atoms with Crippen molar-refractivity contribution < 1.29 is 12.8 Å². The predicted octanol–water partition coefficient (Wildman–Crippen LogP) is 4.61. The SMILES string of the molecule is CNCc1cn(S(=O)(=O)c2cccnc2)c2cc(Nc3cccc(C)c3F)ccc12.Cl. The van der Waals surface area contributed by atoms with Gasteiger partial charge < -0.3 is 10.6 Å². The number of aryl methyl sites for hydroxylation is 1. The molecule has 0 aliphatic carbocycles. The first kappa shape index (κ1) is 22.7. The normalized spacial score (nSPS) is 11.3. The van der Waals surface area contributed by atoms with Crippen molar-refractivity contribution in [3.8, 4) is 0 Å². The van der Waals surface area contributed by atoms with E-state index in [0.717, 1.165) is 10.9 Å². The van der Waals surface area contributed by atoms with Crippen molar-refractivity contribution in [1.29, 1.82) is 0 Å². The molecule has 2 N–H and O–H groups in total. The van der Waals surface area contributed by atoms with Crippen molar-refractivity contribution in [2.24, 2.45) is 0 Å². The summed E-state index contributed by atoms with van der Waals surface area (Å²) in [6.07, 6.45) is 4.46. The van der Waals surface area contributed by atoms with Gasteiger partial charge in [-0.3, -0.25) is 4.98 Å². The summed E-state index contributed by atoms with van der Waals surface area (Å²) in [5, 5.41) is 6.92. The molecule has 2 aromatic heterocycles. The molecule has 2 aromatic carbocycles. The number of halogens is 2. The maximum atomic E-state index is 14.4. The van der Waals surface area contributed by atoms with E-state index < -0.39 is 10.0 Å². The van der Waals surface area contributed by atoms with Gasteiger partial charge in [0.2, 0.25) is 0 Å². The van der Waals surface area contributed by atoms with Gasteiger partial charge in [-0.25, -0.2) is 16.8 Å². The second kappa shape index (κ2) is 9.05. The van der Waals surface area contributed by atoms with Crippen molar-refractivity contribution in [3.05, 3.63) is 84.1 Å². The van der Waals surface area contributed by atoms with Crippen LogP contribution in [0.15, 0.2) is 72.0 Å². The van der Waals surface area contributed by atoms with Crippen LogP contribution in [0, 0.1) is 12.7 Å². The fourth-order valence-electron chi connectivity index (χ4n) is 3.39. The van der Waals surface area contributed by atoms with E-state index in [1.807, 2.05) is 12.1 Å². The van der Waals surface area contributed by atoms with Crippen LogP contribution in [0.3, 0.4) is 0 Å². The van der Waals surface area contributed by atoms with E-state index in [-0.39, 0.29) is 23.1 Å². The van der Waals surface area contributed by atoms with Gasteiger partial charge in [0.25, 0.3) is 10.0 Å². The number of fused-ring (bicyclic) bond motifs is 1. The molecule has 9 heteroatoms. The quantitative estimate of drug-likeness (QED) is 0.439. The van der Waals surface area contributed by atoms with Crippen LogP contribution < -0.4 is 10.6 Å². The van der Waals surface area contributed by atoms with E-state index in [9.17, 15) is 12.8 Å². The highest BCUT2D eigenvalue weighted by Gasteiger charge is 2.21. The highest BCUT2D eigenvalue weighted by molar-refractivity contribution is 7.90. The third kappa shape index (κ3) is 4.27. The van der Waals surface area contributed by atoms with Gasteiger partial charge in [0.05, 0.1) is 11.2 Å². The van der Waals surface area contributed by atoms with Gasteiger partial charge in [0, 0.05) is 36.2 Å². The van der Waals surface area contributed by atoms with Crippen LogP contribution in [-0.2, 0) is 16.6 Å². The summed E-state index contributed by atoms with van der Waals surface area (Å²) in [6, 6.07) is 13.6. The lowest BCUT2D eigenvalue weighted by Crippen LogP contribution is -2.12. The zero-order chi connectivity index (χ0) is 21.3. The average molecular weight is 461 g/mol. The van der Waals surface area contributed by atoms with Gasteiger partial charge in [0.1, 0.15) is 10.7 Å². The van der Waals surface area contributed by atoms with Crippen LogP contribution in [0.5, 0.6) is 0 Å². The molecule has 4 rings (SSSR count). The third-order valence-electron chi connectivity index (χ3n) is 4.88. The Labute approximate surface area is 186 Å². The molecule has 2 heterocycles. The van der Waals surface area contributed by atoms with Gasteiger partial charge in [-0.2, -0.15) is 0 Å². The highest BCUT2D eigenvalue weighted by atomic mass is 35.5. The number of nitrogens with one attached hydrogen (secondary N) is 2. The standard InChI is InChI=1S/C22H21FN4O2S.ClH/c1-15-5-3-7-20(22(15)23)26-17-8-9-19-16(12-24-2)14-27(21(19)11-17)30(28,29)18-6-4-10-25-13-18;/h3-11,13-14,24,26H,12H2,1-2H3;1H. The topological polar surface area (TPSA) is 76.0 Å². The van der Waals surface area contributed by atoms with E-state index in [0.29, 0.717) is 29.0 Å². The summed E-state index contributed by atoms with van der Waals surface area (Å²) >= 11 is 0. The number of hydrogen-bond acceptors (Lipinski definition) is 5. The molecule has 0 spiro atoms. The minimum atomic E-state index is -3.84. The molecule has 0 saturated heterocycles. The molecular formula is C22H22ClFN4O2S. The Balaban J connectivity index is 0.00000272. The highest BCUT2D eigenvalue weighted by Crippen LogP contribution is 2.30. The zero-order valence-electron chi connectivity index (χ0n) is 17.0. The predicted molar refractivity (Wildman–Crippen MR) is 123 cm³/mol. The molecule has 31 heavy (non-hydrogen) atoms. The Hall–Kier alpha value is -2.94. The minimum absolute atomic E-state index is 0. The molecule has 0 aliphatic heterocycles. The van der Waals surface area contributed by atoms with Crippen LogP contribution in [0.4, 0.5) is 15.8 Å². The fourth-order valence-corrected chi connectivity index (χ4v) is 4.73. The van der Waals surface area contributed by atoms with Crippen molar-refractivity contribution in [2.45, 2.75) is 18.4 Å². The molecule has 0 aliphatic rings. The molecule has 4 aromatic rings. The third-order valence-corrected chi connectivity index (χ3v) is 6.54. The van der Waals surface area contributed by atoms with Gasteiger partial charge in [-0.1, -0.05) is 18.2 Å². The number of anilines is 2. The lowest BCUT2D eigenvalue weighted by atomic mass is 10.1. The van der Waals surface area contributed by atoms with Crippen molar-refractivity contribution in [2.75, 3.05) is 12.4 Å². The molecule has 0 radical (unpaired) electrons. The molecule has 162 valence electrons. The van der Waals surface area contributed by atoms with E-state index in [1.165, 1.54) is 22.4 Å². The van der Waals surface area contributed by atoms with E-state index >= 15 is 0 Å². The maximum Gasteiger partial charge on any atom is 0.269 e. The summed E-state index contributed by atoms with van der Waals surface area (Å²) in [5.74, 6) is -0.341. The van der Waals surface area contributed by atoms with Crippen LogP contribution in [0.2, 0.25) is 0 Å². The number of rotatable bonds is 6. The summed E-state index contributed by atoms with van der Waals surface area (Å²) in [5.41, 5.74) is 2.79. The molecule has 0 bridgehead atoms. The summed E-state index contributed by atoms with van der Waals surface area (Å²) in [6.45, 7) is 2.20. The van der Waals surface area contributed by atoms with E-state index in [2.05, 4.69) is 15.6 Å². The summed E-state index contributed by atoms with van der Waals surface area (Å²) < 4.78 is 42.2. The summed E-state index contributed by atoms with van der Waals surface area (Å²) in [7, 11) is -2.04. The number of benzene rings is 2. The van der Waals surface area contributed by atoms with E-state index in [4.69, 9.17) is 0 Å². The first-order valence-electron chi connectivity index (χ1n) is 9.38. The van der Waals surface area contributed by atoms with Crippen LogP contribution >= 0.6 is 12.4 Å².